The molecule has 2 aromatic rings. The van der Waals surface area contributed by atoms with Crippen LogP contribution in [0.4, 0.5) is 4.79 Å². The predicted octanol–water partition coefficient (Wildman–Crippen LogP) is 4.55. The fourth-order valence-electron chi connectivity index (χ4n) is 4.05. The molecule has 0 saturated carbocycles. The van der Waals surface area contributed by atoms with Crippen molar-refractivity contribution in [1.82, 2.24) is 15.5 Å². The van der Waals surface area contributed by atoms with Gasteiger partial charge < -0.3 is 25.0 Å². The summed E-state index contributed by atoms with van der Waals surface area (Å²) in [7, 11) is 1.20. The molecular weight excluding hydrogens is 577 g/mol. The average molecular weight is 609 g/mol. The summed E-state index contributed by atoms with van der Waals surface area (Å²) in [6.07, 6.45) is 5.07. The molecule has 0 aliphatic carbocycles. The van der Waals surface area contributed by atoms with E-state index in [0.717, 1.165) is 10.5 Å². The van der Waals surface area contributed by atoms with Crippen LogP contribution in [0, 0.1) is 5.92 Å². The molecule has 12 heteroatoms. The molecule has 0 unspecified atom stereocenters. The molecule has 40 heavy (non-hydrogen) atoms. The summed E-state index contributed by atoms with van der Waals surface area (Å²) >= 11 is 14.1. The number of carbonyl (C=O) groups excluding carboxylic acids is 4. The monoisotopic (exact) mass is 607 g/mol. The fraction of sp³-hybridized carbons (Fsp3) is 0.357. The summed E-state index contributed by atoms with van der Waals surface area (Å²) in [5.41, 5.74) is 1.45. The molecule has 0 bridgehead atoms. The molecule has 0 spiro atoms. The predicted molar refractivity (Wildman–Crippen MR) is 155 cm³/mol. The fourth-order valence-corrected chi connectivity index (χ4v) is 5.22. The lowest BCUT2D eigenvalue weighted by Crippen LogP contribution is -2.52. The smallest absolute Gasteiger partial charge is 0.407 e. The van der Waals surface area contributed by atoms with E-state index in [1.54, 1.807) is 17.0 Å². The van der Waals surface area contributed by atoms with Crippen LogP contribution in [0.15, 0.2) is 53.4 Å². The molecule has 1 heterocycles. The van der Waals surface area contributed by atoms with E-state index in [2.05, 4.69) is 10.6 Å². The van der Waals surface area contributed by atoms with Crippen molar-refractivity contribution in [3.63, 3.8) is 0 Å². The van der Waals surface area contributed by atoms with Gasteiger partial charge in [0.05, 0.1) is 23.7 Å². The normalized spacial score (nSPS) is 14.4. The van der Waals surface area contributed by atoms with Crippen molar-refractivity contribution in [2.24, 2.45) is 5.92 Å². The molecule has 0 aromatic heterocycles. The van der Waals surface area contributed by atoms with Crippen LogP contribution in [0.5, 0.6) is 0 Å². The molecule has 1 atom stereocenters. The maximum atomic E-state index is 12.9. The number of rotatable bonds is 10. The summed E-state index contributed by atoms with van der Waals surface area (Å²) in [5, 5.41) is 5.96. The van der Waals surface area contributed by atoms with E-state index in [-0.39, 0.29) is 25.0 Å². The molecule has 1 aliphatic heterocycles. The molecule has 3 rings (SSSR count). The number of hydrogen-bond donors (Lipinski definition) is 2. The number of thioether (sulfide) groups is 1. The maximum absolute atomic E-state index is 12.9. The Balaban J connectivity index is 1.47. The van der Waals surface area contributed by atoms with Gasteiger partial charge in [0.15, 0.2) is 0 Å². The number of carbonyl (C=O) groups is 4. The van der Waals surface area contributed by atoms with Crippen molar-refractivity contribution < 1.29 is 28.7 Å². The highest BCUT2D eigenvalue weighted by Crippen LogP contribution is 2.35. The summed E-state index contributed by atoms with van der Waals surface area (Å²) in [5.74, 6) is -1.66. The van der Waals surface area contributed by atoms with Crippen molar-refractivity contribution in [3.05, 3.63) is 69.7 Å². The summed E-state index contributed by atoms with van der Waals surface area (Å²) in [6, 6.07) is 11.7. The van der Waals surface area contributed by atoms with Gasteiger partial charge in [-0.25, -0.2) is 9.59 Å². The lowest BCUT2D eigenvalue weighted by atomic mass is 9.95. The number of hydrogen-bond acceptors (Lipinski definition) is 7. The Morgan fingerprint density at radius 3 is 2.42 bits per heavy atom. The largest absolute Gasteiger partial charge is 0.467 e. The molecule has 2 aromatic carbocycles. The first-order chi connectivity index (χ1) is 19.2. The number of nitrogens with zero attached hydrogens (tertiary/aromatic N) is 1. The second kappa shape index (κ2) is 15.5. The topological polar surface area (TPSA) is 114 Å². The number of methoxy groups -OCH3 is 1. The molecule has 9 nitrogen and oxygen atoms in total. The molecular formula is C28H31Cl2N3O6S. The molecule has 1 fully saturated rings. The Labute approximate surface area is 247 Å². The third kappa shape index (κ3) is 8.90. The van der Waals surface area contributed by atoms with E-state index in [0.29, 0.717) is 41.5 Å². The van der Waals surface area contributed by atoms with E-state index in [1.165, 1.54) is 24.9 Å². The Morgan fingerprint density at radius 1 is 1.07 bits per heavy atom. The van der Waals surface area contributed by atoms with Gasteiger partial charge in [-0.2, -0.15) is 0 Å². The minimum Gasteiger partial charge on any atom is -0.467 e. The van der Waals surface area contributed by atoms with Gasteiger partial charge in [0.2, 0.25) is 11.8 Å². The Morgan fingerprint density at radius 2 is 1.77 bits per heavy atom. The number of ether oxygens (including phenoxy) is 2. The van der Waals surface area contributed by atoms with Gasteiger partial charge in [-0.05, 0) is 42.4 Å². The van der Waals surface area contributed by atoms with E-state index >= 15 is 0 Å². The SMILES string of the molecule is COC(=O)[C@H](CNC(=O)OCc1ccccc1)NC(=O)C1CCN(C(=O)/C=C/c2ccc(SC)c(Cl)c2Cl)CC1. The summed E-state index contributed by atoms with van der Waals surface area (Å²) < 4.78 is 9.92. The zero-order valence-corrected chi connectivity index (χ0v) is 24.5. The number of nitrogens with one attached hydrogen (secondary N) is 2. The van der Waals surface area contributed by atoms with E-state index in [1.807, 2.05) is 42.7 Å². The van der Waals surface area contributed by atoms with E-state index < -0.39 is 24.0 Å². The van der Waals surface area contributed by atoms with Crippen LogP contribution in [0.25, 0.3) is 6.08 Å². The molecule has 214 valence electrons. The number of likely N-dealkylation sites (tertiary alicyclic amines) is 1. The highest BCUT2D eigenvalue weighted by atomic mass is 35.5. The first-order valence-electron chi connectivity index (χ1n) is 12.5. The average Bonchev–Trinajstić information content (AvgIpc) is 2.98. The minimum atomic E-state index is -1.08. The van der Waals surface area contributed by atoms with Crippen molar-refractivity contribution in [3.8, 4) is 0 Å². The van der Waals surface area contributed by atoms with Crippen molar-refractivity contribution >= 4 is 64.9 Å². The number of alkyl carbamates (subject to hydrolysis) is 1. The second-order valence-corrected chi connectivity index (χ2v) is 10.5. The molecule has 1 saturated heterocycles. The van der Waals surface area contributed by atoms with Crippen molar-refractivity contribution in [2.75, 3.05) is 33.0 Å². The van der Waals surface area contributed by atoms with E-state index in [4.69, 9.17) is 32.7 Å². The summed E-state index contributed by atoms with van der Waals surface area (Å²) in [4.78, 5) is 52.4. The Bertz CT molecular complexity index is 1240. The van der Waals surface area contributed by atoms with Gasteiger partial charge in [0.25, 0.3) is 0 Å². The van der Waals surface area contributed by atoms with Gasteiger partial charge in [0.1, 0.15) is 12.6 Å². The number of halogens is 2. The first-order valence-corrected chi connectivity index (χ1v) is 14.5. The van der Waals surface area contributed by atoms with Gasteiger partial charge >= 0.3 is 12.1 Å². The van der Waals surface area contributed by atoms with Crippen molar-refractivity contribution in [1.29, 1.82) is 0 Å². The quantitative estimate of drug-likeness (QED) is 0.231. The second-order valence-electron chi connectivity index (χ2n) is 8.94. The lowest BCUT2D eigenvalue weighted by molar-refractivity contribution is -0.145. The molecule has 3 amide bonds. The third-order valence-corrected chi connectivity index (χ3v) is 8.13. The van der Waals surface area contributed by atoms with Crippen LogP contribution < -0.4 is 10.6 Å². The van der Waals surface area contributed by atoms with Crippen LogP contribution in [0.3, 0.4) is 0 Å². The highest BCUT2D eigenvalue weighted by molar-refractivity contribution is 7.98. The van der Waals surface area contributed by atoms with Gasteiger partial charge in [-0.1, -0.05) is 59.6 Å². The minimum absolute atomic E-state index is 0.0689. The highest BCUT2D eigenvalue weighted by Gasteiger charge is 2.30. The molecule has 1 aliphatic rings. The number of benzene rings is 2. The van der Waals surface area contributed by atoms with Gasteiger partial charge in [-0.3, -0.25) is 9.59 Å². The van der Waals surface area contributed by atoms with Crippen molar-refractivity contribution in [2.45, 2.75) is 30.4 Å². The van der Waals surface area contributed by atoms with E-state index in [9.17, 15) is 19.2 Å². The van der Waals surface area contributed by atoms with Crippen LogP contribution in [-0.2, 0) is 30.5 Å². The third-order valence-electron chi connectivity index (χ3n) is 6.35. The zero-order chi connectivity index (χ0) is 29.1. The number of esters is 1. The lowest BCUT2D eigenvalue weighted by Gasteiger charge is -2.31. The molecule has 2 N–H and O–H groups in total. The first kappa shape index (κ1) is 31.3. The maximum Gasteiger partial charge on any atom is 0.407 e. The van der Waals surface area contributed by atoms with Crippen LogP contribution in [-0.4, -0.2) is 67.8 Å². The van der Waals surface area contributed by atoms with Crippen LogP contribution >= 0.6 is 35.0 Å². The number of piperidine rings is 1. The van der Waals surface area contributed by atoms with Crippen LogP contribution in [0.2, 0.25) is 10.0 Å². The van der Waals surface area contributed by atoms with Gasteiger partial charge in [-0.15, -0.1) is 11.8 Å². The molecule has 0 radical (unpaired) electrons. The van der Waals surface area contributed by atoms with Gasteiger partial charge in [0, 0.05) is 30.0 Å². The standard InChI is InChI=1S/C28H31Cl2N3O6S/c1-38-27(36)21(16-31-28(37)39-17-18-6-4-3-5-7-18)32-26(35)20-12-14-33(15-13-20)23(34)11-9-19-8-10-22(40-2)25(30)24(19)29/h3-11,20-21H,12-17H2,1-2H3,(H,31,37)(H,32,35)/b11-9+/t21-/m0/s1. The Kier molecular flexibility index (Phi) is 12.2. The Hall–Kier alpha value is -3.21. The summed E-state index contributed by atoms with van der Waals surface area (Å²) in [6.45, 7) is 0.611. The van der Waals surface area contributed by atoms with Crippen LogP contribution in [0.1, 0.15) is 24.0 Å². The zero-order valence-electron chi connectivity index (χ0n) is 22.2. The number of amides is 3.